The predicted molar refractivity (Wildman–Crippen MR) is 57.2 cm³/mol. The van der Waals surface area contributed by atoms with Crippen LogP contribution in [0.5, 0.6) is 0 Å². The van der Waals surface area contributed by atoms with E-state index in [-0.39, 0.29) is 0 Å². The summed E-state index contributed by atoms with van der Waals surface area (Å²) in [6.07, 6.45) is 6.74. The lowest BCUT2D eigenvalue weighted by molar-refractivity contribution is 0.826. The molecule has 1 aromatic carbocycles. The maximum Gasteiger partial charge on any atom is 0.0637 e. The van der Waals surface area contributed by atoms with Crippen LogP contribution in [-0.2, 0) is 0 Å². The monoisotopic (exact) mass is 193 g/mol. The number of anilines is 1. The van der Waals surface area contributed by atoms with Gasteiger partial charge in [0.15, 0.2) is 0 Å². The zero-order valence-electron chi connectivity index (χ0n) is 7.33. The van der Waals surface area contributed by atoms with Gasteiger partial charge in [0.25, 0.3) is 0 Å². The highest BCUT2D eigenvalue weighted by molar-refractivity contribution is 6.33. The molecule has 2 heteroatoms. The van der Waals surface area contributed by atoms with Gasteiger partial charge in [-0.25, -0.2) is 0 Å². The Labute approximate surface area is 83.4 Å². The van der Waals surface area contributed by atoms with E-state index in [0.717, 1.165) is 10.7 Å². The largest absolute Gasteiger partial charge is 0.378 e. The van der Waals surface area contributed by atoms with Crippen molar-refractivity contribution in [3.63, 3.8) is 0 Å². The molecule has 0 saturated heterocycles. The third kappa shape index (κ3) is 2.04. The fraction of sp³-hybridized carbons (Fsp3) is 0.273. The van der Waals surface area contributed by atoms with Crippen molar-refractivity contribution in [3.8, 4) is 0 Å². The number of rotatable bonds is 2. The van der Waals surface area contributed by atoms with Gasteiger partial charge < -0.3 is 5.32 Å². The fourth-order valence-corrected chi connectivity index (χ4v) is 1.72. The molecule has 1 aliphatic carbocycles. The summed E-state index contributed by atoms with van der Waals surface area (Å²) in [6, 6.07) is 8.31. The minimum Gasteiger partial charge on any atom is -0.378 e. The van der Waals surface area contributed by atoms with E-state index < -0.39 is 0 Å². The third-order valence-electron chi connectivity index (χ3n) is 2.23. The van der Waals surface area contributed by atoms with Gasteiger partial charge in [-0.1, -0.05) is 35.9 Å². The van der Waals surface area contributed by atoms with Crippen LogP contribution in [0.4, 0.5) is 5.69 Å². The molecule has 0 heterocycles. The van der Waals surface area contributed by atoms with Gasteiger partial charge in [0, 0.05) is 6.04 Å². The van der Waals surface area contributed by atoms with Gasteiger partial charge in [-0.15, -0.1) is 0 Å². The Morgan fingerprint density at radius 1 is 1.31 bits per heavy atom. The summed E-state index contributed by atoms with van der Waals surface area (Å²) < 4.78 is 0. The van der Waals surface area contributed by atoms with Gasteiger partial charge in [0.2, 0.25) is 0 Å². The van der Waals surface area contributed by atoms with Crippen LogP contribution in [0.2, 0.25) is 5.02 Å². The molecule has 1 nitrogen and oxygen atoms in total. The Hall–Kier alpha value is -0.950. The molecule has 1 N–H and O–H groups in total. The van der Waals surface area contributed by atoms with Gasteiger partial charge in [0.05, 0.1) is 10.7 Å². The first-order chi connectivity index (χ1) is 6.36. The van der Waals surface area contributed by atoms with E-state index in [2.05, 4.69) is 17.5 Å². The minimum atomic E-state index is 0.458. The van der Waals surface area contributed by atoms with Crippen LogP contribution in [-0.4, -0.2) is 6.04 Å². The number of allylic oxidation sites excluding steroid dienone is 1. The lowest BCUT2D eigenvalue weighted by Crippen LogP contribution is -2.13. The van der Waals surface area contributed by atoms with E-state index in [1.165, 1.54) is 12.8 Å². The molecule has 0 spiro atoms. The SMILES string of the molecule is Clc1ccccc1N[C@H]1C=CCC1. The summed E-state index contributed by atoms with van der Waals surface area (Å²) in [5.41, 5.74) is 1.03. The Balaban J connectivity index is 2.09. The molecule has 0 fully saturated rings. The molecule has 1 atom stereocenters. The Kier molecular flexibility index (Phi) is 2.55. The molecule has 0 aromatic heterocycles. The maximum atomic E-state index is 6.02. The van der Waals surface area contributed by atoms with Crippen molar-refractivity contribution in [1.29, 1.82) is 0 Å². The zero-order valence-corrected chi connectivity index (χ0v) is 8.09. The molecule has 13 heavy (non-hydrogen) atoms. The summed E-state index contributed by atoms with van der Waals surface area (Å²) in [4.78, 5) is 0. The Morgan fingerprint density at radius 3 is 2.85 bits per heavy atom. The number of benzene rings is 1. The Morgan fingerprint density at radius 2 is 2.15 bits per heavy atom. The quantitative estimate of drug-likeness (QED) is 0.710. The van der Waals surface area contributed by atoms with Gasteiger partial charge in [0.1, 0.15) is 0 Å². The predicted octanol–water partition coefficient (Wildman–Crippen LogP) is 3.47. The molecular formula is C11H12ClN. The lowest BCUT2D eigenvalue weighted by atomic mass is 10.2. The van der Waals surface area contributed by atoms with Crippen LogP contribution >= 0.6 is 11.6 Å². The first-order valence-electron chi connectivity index (χ1n) is 4.54. The minimum absolute atomic E-state index is 0.458. The molecule has 0 unspecified atom stereocenters. The van der Waals surface area contributed by atoms with Crippen molar-refractivity contribution in [2.24, 2.45) is 0 Å². The highest BCUT2D eigenvalue weighted by atomic mass is 35.5. The van der Waals surface area contributed by atoms with Crippen molar-refractivity contribution >= 4 is 17.3 Å². The molecule has 0 amide bonds. The van der Waals surface area contributed by atoms with Crippen LogP contribution in [0, 0.1) is 0 Å². The van der Waals surface area contributed by atoms with Crippen LogP contribution in [0.3, 0.4) is 0 Å². The van der Waals surface area contributed by atoms with Gasteiger partial charge in [-0.3, -0.25) is 0 Å². The smallest absolute Gasteiger partial charge is 0.0637 e. The number of para-hydroxylation sites is 1. The van der Waals surface area contributed by atoms with E-state index >= 15 is 0 Å². The molecule has 0 radical (unpaired) electrons. The molecule has 1 aliphatic rings. The summed E-state index contributed by atoms with van der Waals surface area (Å²) >= 11 is 6.02. The Bertz CT molecular complexity index is 320. The summed E-state index contributed by atoms with van der Waals surface area (Å²) in [5.74, 6) is 0. The van der Waals surface area contributed by atoms with Gasteiger partial charge in [-0.05, 0) is 25.0 Å². The molecular weight excluding hydrogens is 182 g/mol. The van der Waals surface area contributed by atoms with Gasteiger partial charge >= 0.3 is 0 Å². The van der Waals surface area contributed by atoms with E-state index in [1.807, 2.05) is 24.3 Å². The average molecular weight is 194 g/mol. The summed E-state index contributed by atoms with van der Waals surface area (Å²) in [5, 5.41) is 4.18. The van der Waals surface area contributed by atoms with Crippen LogP contribution < -0.4 is 5.32 Å². The van der Waals surface area contributed by atoms with Crippen LogP contribution in [0.25, 0.3) is 0 Å². The lowest BCUT2D eigenvalue weighted by Gasteiger charge is -2.13. The van der Waals surface area contributed by atoms with Gasteiger partial charge in [-0.2, -0.15) is 0 Å². The number of hydrogen-bond donors (Lipinski definition) is 1. The molecule has 0 bridgehead atoms. The average Bonchev–Trinajstić information content (AvgIpc) is 2.61. The second-order valence-corrected chi connectivity index (χ2v) is 3.64. The second-order valence-electron chi connectivity index (χ2n) is 3.24. The van der Waals surface area contributed by atoms with E-state index in [1.54, 1.807) is 0 Å². The van der Waals surface area contributed by atoms with Crippen molar-refractivity contribution in [1.82, 2.24) is 0 Å². The number of hydrogen-bond acceptors (Lipinski definition) is 1. The van der Waals surface area contributed by atoms with Crippen LogP contribution in [0.1, 0.15) is 12.8 Å². The van der Waals surface area contributed by atoms with Crippen molar-refractivity contribution in [3.05, 3.63) is 41.4 Å². The first kappa shape index (κ1) is 8.64. The molecule has 0 saturated carbocycles. The van der Waals surface area contributed by atoms with E-state index in [9.17, 15) is 0 Å². The molecule has 2 rings (SSSR count). The topological polar surface area (TPSA) is 12.0 Å². The molecule has 0 aliphatic heterocycles. The van der Waals surface area contributed by atoms with Crippen molar-refractivity contribution < 1.29 is 0 Å². The van der Waals surface area contributed by atoms with E-state index in [0.29, 0.717) is 6.04 Å². The highest BCUT2D eigenvalue weighted by Crippen LogP contribution is 2.23. The van der Waals surface area contributed by atoms with Crippen LogP contribution in [0.15, 0.2) is 36.4 Å². The standard InChI is InChI=1S/C11H12ClN/c12-10-7-3-4-8-11(10)13-9-5-1-2-6-9/h1,3-5,7-9,13H,2,6H2/t9-/m0/s1. The zero-order chi connectivity index (χ0) is 9.10. The first-order valence-corrected chi connectivity index (χ1v) is 4.92. The van der Waals surface area contributed by atoms with Crippen molar-refractivity contribution in [2.45, 2.75) is 18.9 Å². The van der Waals surface area contributed by atoms with Crippen molar-refractivity contribution in [2.75, 3.05) is 5.32 Å². The summed E-state index contributed by atoms with van der Waals surface area (Å²) in [7, 11) is 0. The normalized spacial score (nSPS) is 20.5. The van der Waals surface area contributed by atoms with E-state index in [4.69, 9.17) is 11.6 Å². The second kappa shape index (κ2) is 3.84. The number of nitrogens with one attached hydrogen (secondary N) is 1. The third-order valence-corrected chi connectivity index (χ3v) is 2.56. The summed E-state index contributed by atoms with van der Waals surface area (Å²) in [6.45, 7) is 0. The fourth-order valence-electron chi connectivity index (χ4n) is 1.53. The molecule has 1 aromatic rings. The number of halogens is 1. The maximum absolute atomic E-state index is 6.02. The highest BCUT2D eigenvalue weighted by Gasteiger charge is 2.09. The molecule has 68 valence electrons.